The van der Waals surface area contributed by atoms with Gasteiger partial charge in [0.05, 0.1) is 25.5 Å². The van der Waals surface area contributed by atoms with Gasteiger partial charge in [-0.15, -0.1) is 0 Å². The molecule has 3 aromatic rings. The van der Waals surface area contributed by atoms with Crippen molar-refractivity contribution in [1.82, 2.24) is 15.5 Å². The van der Waals surface area contributed by atoms with Gasteiger partial charge < -0.3 is 23.9 Å². The molecule has 8 heteroatoms. The van der Waals surface area contributed by atoms with Crippen LogP contribution >= 0.6 is 0 Å². The summed E-state index contributed by atoms with van der Waals surface area (Å²) in [6, 6.07) is 11.2. The maximum absolute atomic E-state index is 12.2. The molecule has 1 aliphatic heterocycles. The van der Waals surface area contributed by atoms with Gasteiger partial charge in [-0.2, -0.15) is 0 Å². The fraction of sp³-hybridized carbons (Fsp3) is 0.278. The molecule has 8 nitrogen and oxygen atoms in total. The number of hydrogen-bond donors (Lipinski definition) is 1. The van der Waals surface area contributed by atoms with Crippen molar-refractivity contribution < 1.29 is 18.5 Å². The number of anilines is 1. The Kier molecular flexibility index (Phi) is 4.65. The van der Waals surface area contributed by atoms with E-state index >= 15 is 0 Å². The van der Waals surface area contributed by atoms with Crippen molar-refractivity contribution in [2.75, 3.05) is 31.2 Å². The number of morpholine rings is 1. The molecular weight excluding hydrogens is 336 g/mol. The standard InChI is InChI=1S/C18H18N4O4/c23-17(15-10-16(21-26-15)22-6-8-24-9-7-22)19-11-14-12-25-18(20-14)13-4-2-1-3-5-13/h1-5,10,12H,6-9,11H2,(H,19,23). The molecule has 0 spiro atoms. The molecule has 0 atom stereocenters. The van der Waals surface area contributed by atoms with E-state index in [1.807, 2.05) is 35.2 Å². The maximum atomic E-state index is 12.2. The number of rotatable bonds is 5. The zero-order valence-corrected chi connectivity index (χ0v) is 14.1. The molecule has 0 bridgehead atoms. The van der Waals surface area contributed by atoms with Gasteiger partial charge in [-0.1, -0.05) is 23.4 Å². The predicted octanol–water partition coefficient (Wildman–Crippen LogP) is 2.10. The van der Waals surface area contributed by atoms with E-state index in [4.69, 9.17) is 13.7 Å². The molecule has 1 fully saturated rings. The summed E-state index contributed by atoms with van der Waals surface area (Å²) < 4.78 is 15.9. The second kappa shape index (κ2) is 7.40. The first-order chi connectivity index (χ1) is 12.8. The van der Waals surface area contributed by atoms with Crippen molar-refractivity contribution >= 4 is 11.7 Å². The number of hydrogen-bond acceptors (Lipinski definition) is 7. The van der Waals surface area contributed by atoms with Crippen LogP contribution in [-0.4, -0.2) is 42.4 Å². The summed E-state index contributed by atoms with van der Waals surface area (Å²) in [7, 11) is 0. The number of benzene rings is 1. The molecule has 1 aromatic carbocycles. The number of aromatic nitrogens is 2. The second-order valence-electron chi connectivity index (χ2n) is 5.84. The fourth-order valence-electron chi connectivity index (χ4n) is 2.67. The monoisotopic (exact) mass is 354 g/mol. The van der Waals surface area contributed by atoms with Crippen molar-refractivity contribution in [2.45, 2.75) is 6.54 Å². The summed E-state index contributed by atoms with van der Waals surface area (Å²) in [5.74, 6) is 0.981. The van der Waals surface area contributed by atoms with E-state index in [-0.39, 0.29) is 18.2 Å². The largest absolute Gasteiger partial charge is 0.444 e. The Morgan fingerprint density at radius 2 is 2.00 bits per heavy atom. The van der Waals surface area contributed by atoms with Crippen LogP contribution in [0.15, 0.2) is 51.6 Å². The lowest BCUT2D eigenvalue weighted by atomic mass is 10.2. The highest BCUT2D eigenvalue weighted by atomic mass is 16.5. The normalized spacial score (nSPS) is 14.4. The van der Waals surface area contributed by atoms with Crippen LogP contribution in [0.3, 0.4) is 0 Å². The highest BCUT2D eigenvalue weighted by Crippen LogP contribution is 2.18. The zero-order valence-electron chi connectivity index (χ0n) is 14.1. The minimum atomic E-state index is -0.346. The molecule has 4 rings (SSSR count). The third kappa shape index (κ3) is 3.60. The molecule has 1 saturated heterocycles. The third-order valence-corrected chi connectivity index (χ3v) is 4.06. The van der Waals surface area contributed by atoms with Crippen LogP contribution in [-0.2, 0) is 11.3 Å². The van der Waals surface area contributed by atoms with Gasteiger partial charge in [0, 0.05) is 24.7 Å². The molecule has 1 N–H and O–H groups in total. The van der Waals surface area contributed by atoms with Crippen molar-refractivity contribution in [3.63, 3.8) is 0 Å². The van der Waals surface area contributed by atoms with Gasteiger partial charge in [-0.05, 0) is 12.1 Å². The summed E-state index contributed by atoms with van der Waals surface area (Å²) >= 11 is 0. The van der Waals surface area contributed by atoms with E-state index < -0.39 is 0 Å². The molecule has 0 aliphatic carbocycles. The van der Waals surface area contributed by atoms with Gasteiger partial charge in [-0.3, -0.25) is 4.79 Å². The van der Waals surface area contributed by atoms with Gasteiger partial charge in [0.25, 0.3) is 5.91 Å². The Morgan fingerprint density at radius 1 is 1.19 bits per heavy atom. The van der Waals surface area contributed by atoms with E-state index in [0.29, 0.717) is 30.6 Å². The van der Waals surface area contributed by atoms with Crippen molar-refractivity contribution in [3.05, 3.63) is 54.1 Å². The summed E-state index contributed by atoms with van der Waals surface area (Å²) in [4.78, 5) is 18.6. The van der Waals surface area contributed by atoms with Crippen LogP contribution in [0.1, 0.15) is 16.2 Å². The van der Waals surface area contributed by atoms with Crippen LogP contribution in [0.2, 0.25) is 0 Å². The fourth-order valence-corrected chi connectivity index (χ4v) is 2.67. The van der Waals surface area contributed by atoms with E-state index in [1.165, 1.54) is 6.26 Å². The molecular formula is C18H18N4O4. The Balaban J connectivity index is 1.35. The van der Waals surface area contributed by atoms with Crippen molar-refractivity contribution in [2.24, 2.45) is 0 Å². The minimum absolute atomic E-state index is 0.165. The highest BCUT2D eigenvalue weighted by molar-refractivity contribution is 5.92. The number of nitrogens with zero attached hydrogens (tertiary/aromatic N) is 3. The molecule has 0 saturated carbocycles. The van der Waals surface area contributed by atoms with E-state index in [2.05, 4.69) is 15.5 Å². The van der Waals surface area contributed by atoms with Gasteiger partial charge in [0.2, 0.25) is 11.7 Å². The quantitative estimate of drug-likeness (QED) is 0.750. The number of carbonyl (C=O) groups is 1. The van der Waals surface area contributed by atoms with Crippen LogP contribution in [0.25, 0.3) is 11.5 Å². The SMILES string of the molecule is O=C(NCc1coc(-c2ccccc2)n1)c1cc(N2CCOCC2)no1. The van der Waals surface area contributed by atoms with Crippen LogP contribution < -0.4 is 10.2 Å². The van der Waals surface area contributed by atoms with Gasteiger partial charge in [-0.25, -0.2) is 4.98 Å². The molecule has 2 aromatic heterocycles. The maximum Gasteiger partial charge on any atom is 0.290 e. The Hall–Kier alpha value is -3.13. The number of ether oxygens (including phenoxy) is 1. The number of amides is 1. The Morgan fingerprint density at radius 3 is 2.81 bits per heavy atom. The predicted molar refractivity (Wildman–Crippen MR) is 92.6 cm³/mol. The third-order valence-electron chi connectivity index (χ3n) is 4.06. The van der Waals surface area contributed by atoms with Crippen LogP contribution in [0.4, 0.5) is 5.82 Å². The molecule has 3 heterocycles. The first kappa shape index (κ1) is 16.3. The van der Waals surface area contributed by atoms with Gasteiger partial charge in [0.15, 0.2) is 5.82 Å². The molecule has 0 unspecified atom stereocenters. The molecule has 26 heavy (non-hydrogen) atoms. The average Bonchev–Trinajstić information content (AvgIpc) is 3.37. The highest BCUT2D eigenvalue weighted by Gasteiger charge is 2.19. The average molecular weight is 354 g/mol. The summed E-state index contributed by atoms with van der Waals surface area (Å²) in [5.41, 5.74) is 1.51. The molecule has 1 amide bonds. The molecule has 0 radical (unpaired) electrons. The van der Waals surface area contributed by atoms with Gasteiger partial charge in [0.1, 0.15) is 6.26 Å². The summed E-state index contributed by atoms with van der Waals surface area (Å²) in [5, 5.41) is 6.72. The van der Waals surface area contributed by atoms with Crippen molar-refractivity contribution in [3.8, 4) is 11.5 Å². The van der Waals surface area contributed by atoms with Crippen LogP contribution in [0.5, 0.6) is 0 Å². The van der Waals surface area contributed by atoms with Gasteiger partial charge >= 0.3 is 0 Å². The number of oxazole rings is 1. The first-order valence-electron chi connectivity index (χ1n) is 8.37. The second-order valence-corrected chi connectivity index (χ2v) is 5.84. The zero-order chi connectivity index (χ0) is 17.8. The van der Waals surface area contributed by atoms with Crippen molar-refractivity contribution in [1.29, 1.82) is 0 Å². The Labute approximate surface area is 149 Å². The van der Waals surface area contributed by atoms with E-state index in [1.54, 1.807) is 6.07 Å². The first-order valence-corrected chi connectivity index (χ1v) is 8.37. The minimum Gasteiger partial charge on any atom is -0.444 e. The lowest BCUT2D eigenvalue weighted by Gasteiger charge is -2.25. The molecule has 134 valence electrons. The summed E-state index contributed by atoms with van der Waals surface area (Å²) in [6.45, 7) is 2.99. The summed E-state index contributed by atoms with van der Waals surface area (Å²) in [6.07, 6.45) is 1.53. The Bertz CT molecular complexity index is 868. The van der Waals surface area contributed by atoms with E-state index in [0.717, 1.165) is 18.7 Å². The topological polar surface area (TPSA) is 93.6 Å². The van der Waals surface area contributed by atoms with E-state index in [9.17, 15) is 4.79 Å². The number of nitrogens with one attached hydrogen (secondary N) is 1. The number of carbonyl (C=O) groups excluding carboxylic acids is 1. The van der Waals surface area contributed by atoms with Crippen LogP contribution in [0, 0.1) is 0 Å². The smallest absolute Gasteiger partial charge is 0.290 e. The lowest BCUT2D eigenvalue weighted by molar-refractivity contribution is 0.0913. The lowest BCUT2D eigenvalue weighted by Crippen LogP contribution is -2.36. The molecule has 1 aliphatic rings.